The van der Waals surface area contributed by atoms with Crippen LogP contribution in [-0.2, 0) is 17.9 Å². The number of nitrogens with one attached hydrogen (secondary N) is 1. The topological polar surface area (TPSA) is 64.7 Å². The van der Waals surface area contributed by atoms with Gasteiger partial charge in [0.25, 0.3) is 0 Å². The molecular weight excluding hydrogens is 333 g/mol. The first-order valence-corrected chi connectivity index (χ1v) is 7.65. The van der Waals surface area contributed by atoms with E-state index in [1.54, 1.807) is 33.9 Å². The van der Waals surface area contributed by atoms with Crippen LogP contribution < -0.4 is 5.32 Å². The Kier molecular flexibility index (Phi) is 4.61. The molecule has 2 heterocycles. The van der Waals surface area contributed by atoms with E-state index in [1.807, 2.05) is 13.0 Å². The van der Waals surface area contributed by atoms with E-state index in [9.17, 15) is 9.18 Å². The zero-order chi connectivity index (χ0) is 17.1. The van der Waals surface area contributed by atoms with Crippen LogP contribution in [0.2, 0.25) is 5.02 Å². The van der Waals surface area contributed by atoms with E-state index in [-0.39, 0.29) is 18.3 Å². The standard InChI is InChI=1S/C16H15ClFN5O/c1-11-4-6-19-23(11)10-16(24)20-15-5-7-22(21-15)9-12-2-3-13(18)8-14(12)17/h2-8H,9-10H2,1H3,(H,20,21,24). The maximum Gasteiger partial charge on any atom is 0.247 e. The van der Waals surface area contributed by atoms with Crippen LogP contribution in [0.1, 0.15) is 11.3 Å². The fourth-order valence-electron chi connectivity index (χ4n) is 2.22. The molecule has 0 aliphatic heterocycles. The Labute approximate surface area is 142 Å². The summed E-state index contributed by atoms with van der Waals surface area (Å²) >= 11 is 6.00. The number of aryl methyl sites for hydroxylation is 1. The van der Waals surface area contributed by atoms with Crippen LogP contribution in [0.15, 0.2) is 42.7 Å². The number of hydrogen-bond donors (Lipinski definition) is 1. The minimum Gasteiger partial charge on any atom is -0.308 e. The minimum absolute atomic E-state index is 0.121. The molecule has 1 amide bonds. The monoisotopic (exact) mass is 347 g/mol. The van der Waals surface area contributed by atoms with Crippen molar-refractivity contribution in [1.82, 2.24) is 19.6 Å². The molecule has 1 aromatic carbocycles. The molecule has 0 saturated carbocycles. The van der Waals surface area contributed by atoms with Crippen LogP contribution in [0.5, 0.6) is 0 Å². The third-order valence-electron chi connectivity index (χ3n) is 3.48. The average molecular weight is 348 g/mol. The number of anilines is 1. The van der Waals surface area contributed by atoms with Crippen molar-refractivity contribution in [1.29, 1.82) is 0 Å². The molecule has 8 heteroatoms. The first-order valence-electron chi connectivity index (χ1n) is 7.27. The molecule has 0 fully saturated rings. The summed E-state index contributed by atoms with van der Waals surface area (Å²) in [5.41, 5.74) is 1.65. The van der Waals surface area contributed by atoms with Crippen molar-refractivity contribution in [3.8, 4) is 0 Å². The number of benzene rings is 1. The molecule has 24 heavy (non-hydrogen) atoms. The molecule has 6 nitrogen and oxygen atoms in total. The summed E-state index contributed by atoms with van der Waals surface area (Å²) in [5.74, 6) is -0.166. The normalized spacial score (nSPS) is 10.8. The van der Waals surface area contributed by atoms with Gasteiger partial charge in [-0.25, -0.2) is 4.39 Å². The van der Waals surface area contributed by atoms with E-state index < -0.39 is 0 Å². The number of carbonyl (C=O) groups is 1. The van der Waals surface area contributed by atoms with Gasteiger partial charge >= 0.3 is 0 Å². The quantitative estimate of drug-likeness (QED) is 0.771. The Bertz CT molecular complexity index is 873. The smallest absolute Gasteiger partial charge is 0.247 e. The Hall–Kier alpha value is -2.67. The number of carbonyl (C=O) groups excluding carboxylic acids is 1. The number of aromatic nitrogens is 4. The third-order valence-corrected chi connectivity index (χ3v) is 3.83. The van der Waals surface area contributed by atoms with Crippen molar-refractivity contribution in [2.45, 2.75) is 20.0 Å². The van der Waals surface area contributed by atoms with E-state index in [1.165, 1.54) is 12.1 Å². The fourth-order valence-corrected chi connectivity index (χ4v) is 2.45. The number of halogens is 2. The van der Waals surface area contributed by atoms with E-state index in [4.69, 9.17) is 11.6 Å². The molecule has 0 aliphatic carbocycles. The highest BCUT2D eigenvalue weighted by atomic mass is 35.5. The molecule has 0 atom stereocenters. The lowest BCUT2D eigenvalue weighted by atomic mass is 10.2. The summed E-state index contributed by atoms with van der Waals surface area (Å²) in [6.45, 7) is 2.38. The molecule has 2 aromatic heterocycles. The highest BCUT2D eigenvalue weighted by Gasteiger charge is 2.09. The minimum atomic E-state index is -0.383. The van der Waals surface area contributed by atoms with E-state index in [2.05, 4.69) is 15.5 Å². The zero-order valence-electron chi connectivity index (χ0n) is 12.9. The Balaban J connectivity index is 1.63. The Morgan fingerprint density at radius 3 is 2.88 bits per heavy atom. The average Bonchev–Trinajstić information content (AvgIpc) is 3.12. The van der Waals surface area contributed by atoms with E-state index in [0.717, 1.165) is 11.3 Å². The SMILES string of the molecule is Cc1ccnn1CC(=O)Nc1ccn(Cc2ccc(F)cc2Cl)n1. The van der Waals surface area contributed by atoms with Gasteiger partial charge in [0.1, 0.15) is 12.4 Å². The second-order valence-electron chi connectivity index (χ2n) is 5.31. The molecule has 0 saturated heterocycles. The largest absolute Gasteiger partial charge is 0.308 e. The van der Waals surface area contributed by atoms with Crippen LogP contribution in [0.25, 0.3) is 0 Å². The molecular formula is C16H15ClFN5O. The Morgan fingerprint density at radius 2 is 2.17 bits per heavy atom. The van der Waals surface area contributed by atoms with Gasteiger partial charge in [0, 0.05) is 29.2 Å². The van der Waals surface area contributed by atoms with Gasteiger partial charge in [0.05, 0.1) is 6.54 Å². The molecule has 3 rings (SSSR count). The van der Waals surface area contributed by atoms with Gasteiger partial charge in [-0.2, -0.15) is 10.2 Å². The summed E-state index contributed by atoms with van der Waals surface area (Å²) in [7, 11) is 0. The van der Waals surface area contributed by atoms with Crippen LogP contribution >= 0.6 is 11.6 Å². The first kappa shape index (κ1) is 16.2. The van der Waals surface area contributed by atoms with Gasteiger partial charge in [0.15, 0.2) is 5.82 Å². The summed E-state index contributed by atoms with van der Waals surface area (Å²) in [5, 5.41) is 11.4. The summed E-state index contributed by atoms with van der Waals surface area (Å²) in [6.07, 6.45) is 3.36. The maximum absolute atomic E-state index is 13.1. The predicted octanol–water partition coefficient (Wildman–Crippen LogP) is 2.87. The molecule has 3 aromatic rings. The molecule has 124 valence electrons. The predicted molar refractivity (Wildman–Crippen MR) is 88.3 cm³/mol. The number of hydrogen-bond acceptors (Lipinski definition) is 3. The van der Waals surface area contributed by atoms with Crippen molar-refractivity contribution in [2.24, 2.45) is 0 Å². The van der Waals surface area contributed by atoms with E-state index >= 15 is 0 Å². The number of rotatable bonds is 5. The molecule has 0 unspecified atom stereocenters. The lowest BCUT2D eigenvalue weighted by Gasteiger charge is -2.06. The lowest BCUT2D eigenvalue weighted by molar-refractivity contribution is -0.117. The molecule has 0 aliphatic rings. The summed E-state index contributed by atoms with van der Waals surface area (Å²) < 4.78 is 16.3. The summed E-state index contributed by atoms with van der Waals surface area (Å²) in [6, 6.07) is 7.73. The second kappa shape index (κ2) is 6.84. The van der Waals surface area contributed by atoms with E-state index in [0.29, 0.717) is 17.4 Å². The van der Waals surface area contributed by atoms with Gasteiger partial charge in [-0.05, 0) is 30.7 Å². The van der Waals surface area contributed by atoms with Gasteiger partial charge in [0.2, 0.25) is 5.91 Å². The summed E-state index contributed by atoms with van der Waals surface area (Å²) in [4.78, 5) is 12.0. The van der Waals surface area contributed by atoms with Crippen LogP contribution in [0, 0.1) is 12.7 Å². The highest BCUT2D eigenvalue weighted by Crippen LogP contribution is 2.18. The molecule has 1 N–H and O–H groups in total. The second-order valence-corrected chi connectivity index (χ2v) is 5.72. The lowest BCUT2D eigenvalue weighted by Crippen LogP contribution is -2.20. The number of amides is 1. The number of nitrogens with zero attached hydrogens (tertiary/aromatic N) is 4. The van der Waals surface area contributed by atoms with Gasteiger partial charge in [-0.1, -0.05) is 17.7 Å². The fraction of sp³-hybridized carbons (Fsp3) is 0.188. The Morgan fingerprint density at radius 1 is 1.33 bits per heavy atom. The van der Waals surface area contributed by atoms with Crippen molar-refractivity contribution in [3.63, 3.8) is 0 Å². The third kappa shape index (κ3) is 3.80. The van der Waals surface area contributed by atoms with Crippen LogP contribution in [-0.4, -0.2) is 25.5 Å². The first-order chi connectivity index (χ1) is 11.5. The van der Waals surface area contributed by atoms with Crippen LogP contribution in [0.4, 0.5) is 10.2 Å². The van der Waals surface area contributed by atoms with Crippen molar-refractivity contribution in [2.75, 3.05) is 5.32 Å². The van der Waals surface area contributed by atoms with Gasteiger partial charge < -0.3 is 5.32 Å². The highest BCUT2D eigenvalue weighted by molar-refractivity contribution is 6.31. The van der Waals surface area contributed by atoms with Gasteiger partial charge in [-0.15, -0.1) is 0 Å². The molecule has 0 bridgehead atoms. The van der Waals surface area contributed by atoms with Crippen molar-refractivity contribution < 1.29 is 9.18 Å². The van der Waals surface area contributed by atoms with Crippen molar-refractivity contribution in [3.05, 3.63) is 64.8 Å². The zero-order valence-corrected chi connectivity index (χ0v) is 13.7. The maximum atomic E-state index is 13.1. The molecule has 0 radical (unpaired) electrons. The van der Waals surface area contributed by atoms with Crippen molar-refractivity contribution >= 4 is 23.3 Å². The molecule has 0 spiro atoms. The van der Waals surface area contributed by atoms with Crippen LogP contribution in [0.3, 0.4) is 0 Å². The van der Waals surface area contributed by atoms with Gasteiger partial charge in [-0.3, -0.25) is 14.2 Å².